The Hall–Kier alpha value is -1.77. The molecule has 2 heterocycles. The van der Waals surface area contributed by atoms with Gasteiger partial charge in [-0.2, -0.15) is 11.8 Å². The molecule has 31 heavy (non-hydrogen) atoms. The van der Waals surface area contributed by atoms with Gasteiger partial charge in [-0.1, -0.05) is 12.1 Å². The van der Waals surface area contributed by atoms with Crippen LogP contribution in [0.3, 0.4) is 0 Å². The molecule has 2 saturated heterocycles. The minimum Gasteiger partial charge on any atom is -0.497 e. The molecule has 2 atom stereocenters. The Morgan fingerprint density at radius 2 is 1.94 bits per heavy atom. The number of carbonyl (C=O) groups is 2. The minimum atomic E-state index is -0.185. The van der Waals surface area contributed by atoms with Gasteiger partial charge in [0.05, 0.1) is 19.8 Å². The van der Waals surface area contributed by atoms with E-state index in [1.807, 2.05) is 54.8 Å². The van der Waals surface area contributed by atoms with Crippen LogP contribution in [0.4, 0.5) is 0 Å². The predicted octanol–water partition coefficient (Wildman–Crippen LogP) is 2.10. The van der Waals surface area contributed by atoms with E-state index in [1.54, 1.807) is 12.0 Å². The van der Waals surface area contributed by atoms with Crippen molar-refractivity contribution in [3.05, 3.63) is 29.8 Å². The lowest BCUT2D eigenvalue weighted by molar-refractivity contribution is -0.138. The number of rotatable bonds is 9. The third-order valence-corrected chi connectivity index (χ3v) is 7.21. The van der Waals surface area contributed by atoms with Crippen molar-refractivity contribution >= 4 is 23.6 Å². The van der Waals surface area contributed by atoms with Crippen LogP contribution in [0.5, 0.6) is 5.75 Å². The van der Waals surface area contributed by atoms with Crippen molar-refractivity contribution in [3.63, 3.8) is 0 Å². The van der Waals surface area contributed by atoms with Crippen molar-refractivity contribution in [2.75, 3.05) is 57.9 Å². The summed E-state index contributed by atoms with van der Waals surface area (Å²) >= 11 is 1.94. The van der Waals surface area contributed by atoms with E-state index in [0.29, 0.717) is 45.3 Å². The molecule has 2 amide bonds. The summed E-state index contributed by atoms with van der Waals surface area (Å²) < 4.78 is 11.3. The van der Waals surface area contributed by atoms with E-state index in [4.69, 9.17) is 9.47 Å². The first kappa shape index (κ1) is 23.9. The molecule has 0 bridgehead atoms. The summed E-state index contributed by atoms with van der Waals surface area (Å²) in [5.41, 5.74) is 1.05. The van der Waals surface area contributed by atoms with Gasteiger partial charge in [-0.25, -0.2) is 0 Å². The van der Waals surface area contributed by atoms with Crippen molar-refractivity contribution in [3.8, 4) is 5.75 Å². The van der Waals surface area contributed by atoms with Crippen molar-refractivity contribution in [2.45, 2.75) is 39.0 Å². The number of likely N-dealkylation sites (N-methyl/N-ethyl adjacent to an activating group) is 1. The molecular weight excluding hydrogens is 414 g/mol. The van der Waals surface area contributed by atoms with Crippen LogP contribution in [0, 0.1) is 0 Å². The molecule has 2 aliphatic heterocycles. The second-order valence-corrected chi connectivity index (χ2v) is 9.22. The molecule has 0 aromatic heterocycles. The highest BCUT2D eigenvalue weighted by molar-refractivity contribution is 7.99. The number of hydrogen-bond acceptors (Lipinski definition) is 6. The molecule has 1 aromatic rings. The summed E-state index contributed by atoms with van der Waals surface area (Å²) in [6.45, 7) is 7.47. The number of thioether (sulfide) groups is 1. The zero-order chi connectivity index (χ0) is 22.2. The third-order valence-electron chi connectivity index (χ3n) is 6.07. The quantitative estimate of drug-likeness (QED) is 0.575. The van der Waals surface area contributed by atoms with Crippen LogP contribution >= 0.6 is 11.8 Å². The molecule has 172 valence electrons. The summed E-state index contributed by atoms with van der Waals surface area (Å²) in [7, 11) is 1.64. The molecule has 7 nitrogen and oxygen atoms in total. The lowest BCUT2D eigenvalue weighted by Gasteiger charge is -2.28. The van der Waals surface area contributed by atoms with E-state index in [0.717, 1.165) is 29.2 Å². The smallest absolute Gasteiger partial charge is 0.248 e. The highest BCUT2D eigenvalue weighted by Gasteiger charge is 2.33. The average molecular weight is 450 g/mol. The predicted molar refractivity (Wildman–Crippen MR) is 123 cm³/mol. The maximum atomic E-state index is 13.1. The average Bonchev–Trinajstić information content (AvgIpc) is 3.27. The standard InChI is InChI=1S/C23H35N3O4S/c1-4-24(5-2)23(28)16-30-21-13-25(19-10-11-31-17-19)15-22(27)26(14-21)12-18-6-8-20(29-3)9-7-18/h6-9,19,21H,4-5,10-17H2,1-3H3/t19-,21+/m0/s1. The molecule has 0 radical (unpaired) electrons. The Bertz CT molecular complexity index is 720. The normalized spacial score (nSPS) is 22.4. The number of ether oxygens (including phenoxy) is 2. The van der Waals surface area contributed by atoms with Gasteiger partial charge < -0.3 is 19.3 Å². The van der Waals surface area contributed by atoms with Crippen LogP contribution in [0.1, 0.15) is 25.8 Å². The fraction of sp³-hybridized carbons (Fsp3) is 0.652. The topological polar surface area (TPSA) is 62.3 Å². The van der Waals surface area contributed by atoms with Gasteiger partial charge in [0.25, 0.3) is 0 Å². The highest BCUT2D eigenvalue weighted by Crippen LogP contribution is 2.25. The zero-order valence-corrected chi connectivity index (χ0v) is 19.7. The Kier molecular flexibility index (Phi) is 9.04. The van der Waals surface area contributed by atoms with E-state index in [2.05, 4.69) is 4.90 Å². The van der Waals surface area contributed by atoms with Crippen molar-refractivity contribution in [1.29, 1.82) is 0 Å². The van der Waals surface area contributed by atoms with Gasteiger partial charge in [0.15, 0.2) is 0 Å². The SMILES string of the molecule is CCN(CC)C(=O)CO[C@H]1CN(Cc2ccc(OC)cc2)C(=O)CN([C@H]2CCSC2)C1. The molecule has 2 aliphatic rings. The maximum Gasteiger partial charge on any atom is 0.248 e. The first-order chi connectivity index (χ1) is 15.0. The molecular formula is C23H35N3O4S. The highest BCUT2D eigenvalue weighted by atomic mass is 32.2. The maximum absolute atomic E-state index is 13.1. The van der Waals surface area contributed by atoms with Gasteiger partial charge in [0.1, 0.15) is 12.4 Å². The Morgan fingerprint density at radius 1 is 1.19 bits per heavy atom. The van der Waals surface area contributed by atoms with Crippen LogP contribution in [0.25, 0.3) is 0 Å². The first-order valence-corrected chi connectivity index (χ1v) is 12.3. The van der Waals surface area contributed by atoms with Crippen molar-refractivity contribution < 1.29 is 19.1 Å². The van der Waals surface area contributed by atoms with Crippen molar-refractivity contribution in [1.82, 2.24) is 14.7 Å². The zero-order valence-electron chi connectivity index (χ0n) is 18.9. The number of benzene rings is 1. The van der Waals surface area contributed by atoms with Gasteiger partial charge in [-0.15, -0.1) is 0 Å². The van der Waals surface area contributed by atoms with E-state index in [-0.39, 0.29) is 24.5 Å². The molecule has 2 fully saturated rings. The second kappa shape index (κ2) is 11.7. The van der Waals surface area contributed by atoms with Gasteiger partial charge in [0.2, 0.25) is 11.8 Å². The number of methoxy groups -OCH3 is 1. The monoisotopic (exact) mass is 449 g/mol. The van der Waals surface area contributed by atoms with E-state index < -0.39 is 0 Å². The molecule has 3 rings (SSSR count). The second-order valence-electron chi connectivity index (χ2n) is 8.07. The Morgan fingerprint density at radius 3 is 2.55 bits per heavy atom. The molecule has 0 saturated carbocycles. The Balaban J connectivity index is 1.69. The molecule has 8 heteroatoms. The van der Waals surface area contributed by atoms with Crippen LogP contribution in [0.2, 0.25) is 0 Å². The fourth-order valence-corrected chi connectivity index (χ4v) is 5.41. The summed E-state index contributed by atoms with van der Waals surface area (Å²) in [5.74, 6) is 3.11. The van der Waals surface area contributed by atoms with Crippen LogP contribution in [-0.2, 0) is 20.9 Å². The minimum absolute atomic E-state index is 0.00486. The molecule has 0 aliphatic carbocycles. The summed E-state index contributed by atoms with van der Waals surface area (Å²) in [6, 6.07) is 8.20. The first-order valence-electron chi connectivity index (χ1n) is 11.2. The summed E-state index contributed by atoms with van der Waals surface area (Å²) in [5, 5.41) is 0. The number of amides is 2. The lowest BCUT2D eigenvalue weighted by atomic mass is 10.2. The molecule has 0 spiro atoms. The fourth-order valence-electron chi connectivity index (χ4n) is 4.16. The van der Waals surface area contributed by atoms with Crippen LogP contribution in [-0.4, -0.2) is 96.6 Å². The molecule has 0 unspecified atom stereocenters. The lowest BCUT2D eigenvalue weighted by Crippen LogP contribution is -2.43. The van der Waals surface area contributed by atoms with Gasteiger partial charge in [-0.05, 0) is 43.7 Å². The summed E-state index contributed by atoms with van der Waals surface area (Å²) in [4.78, 5) is 31.5. The van der Waals surface area contributed by atoms with Crippen LogP contribution < -0.4 is 4.74 Å². The third kappa shape index (κ3) is 6.60. The summed E-state index contributed by atoms with van der Waals surface area (Å²) in [6.07, 6.45) is 0.913. The van der Waals surface area contributed by atoms with Gasteiger partial charge in [0, 0.05) is 44.5 Å². The van der Waals surface area contributed by atoms with E-state index in [9.17, 15) is 9.59 Å². The molecule has 0 N–H and O–H groups in total. The van der Waals surface area contributed by atoms with Crippen molar-refractivity contribution in [2.24, 2.45) is 0 Å². The van der Waals surface area contributed by atoms with Gasteiger partial charge in [-0.3, -0.25) is 14.5 Å². The van der Waals surface area contributed by atoms with E-state index in [1.165, 1.54) is 0 Å². The molecule has 1 aromatic carbocycles. The largest absolute Gasteiger partial charge is 0.497 e. The van der Waals surface area contributed by atoms with E-state index >= 15 is 0 Å². The number of hydrogen-bond donors (Lipinski definition) is 0. The Labute approximate surface area is 190 Å². The number of nitrogens with zero attached hydrogens (tertiary/aromatic N) is 3. The van der Waals surface area contributed by atoms with Crippen LogP contribution in [0.15, 0.2) is 24.3 Å². The number of carbonyl (C=O) groups excluding carboxylic acids is 2. The van der Waals surface area contributed by atoms with Gasteiger partial charge >= 0.3 is 0 Å².